The first-order chi connectivity index (χ1) is 20.3. The summed E-state index contributed by atoms with van der Waals surface area (Å²) < 4.78 is 45.4. The van der Waals surface area contributed by atoms with Gasteiger partial charge in [0.05, 0.1) is 15.9 Å². The number of nitrogens with one attached hydrogen (secondary N) is 1. The van der Waals surface area contributed by atoms with Crippen molar-refractivity contribution in [2.45, 2.75) is 49.5 Å². The highest BCUT2D eigenvalue weighted by Crippen LogP contribution is 2.42. The molecule has 0 aliphatic carbocycles. The summed E-state index contributed by atoms with van der Waals surface area (Å²) in [5.41, 5.74) is -0.519. The highest BCUT2D eigenvalue weighted by atomic mass is 35.5. The molecule has 42 heavy (non-hydrogen) atoms. The van der Waals surface area contributed by atoms with Crippen LogP contribution in [0.4, 0.5) is 19.0 Å². The standard InChI is InChI=1S/C31H26ClF3N6O/c32-26-23(34)3-2-16-8-20(42)10-21(25(16)26)28-27(35)29-22(13-37-28)30(41-15-18-9-19(41)12-36-18)39-24(38-29)4-6-31-5-1-7-40(31)14-17(33)11-31/h2-3,8,10,13,17-19,36,42H,1,5,7,9,11-12,14-15H2/t17-,18+,19+,31-/m1/s1. The van der Waals surface area contributed by atoms with Gasteiger partial charge in [-0.3, -0.25) is 9.88 Å². The Balaban J connectivity index is 1.33. The fourth-order valence-corrected chi connectivity index (χ4v) is 7.63. The quantitative estimate of drug-likeness (QED) is 0.320. The molecule has 4 atom stereocenters. The number of piperazine rings is 1. The molecule has 7 nitrogen and oxygen atoms in total. The van der Waals surface area contributed by atoms with Gasteiger partial charge in [-0.25, -0.2) is 23.1 Å². The number of phenols is 1. The third-order valence-corrected chi connectivity index (χ3v) is 9.62. The molecule has 6 heterocycles. The molecule has 2 aromatic heterocycles. The maximum absolute atomic E-state index is 16.6. The maximum atomic E-state index is 16.6. The summed E-state index contributed by atoms with van der Waals surface area (Å²) in [6.45, 7) is 2.67. The second-order valence-electron chi connectivity index (χ2n) is 11.8. The molecule has 4 fully saturated rings. The number of alkyl halides is 1. The molecule has 4 aliphatic rings. The van der Waals surface area contributed by atoms with Crippen LogP contribution in [0.2, 0.25) is 5.02 Å². The fourth-order valence-electron chi connectivity index (χ4n) is 7.36. The summed E-state index contributed by atoms with van der Waals surface area (Å²) in [6, 6.07) is 5.93. The number of aromatic nitrogens is 3. The van der Waals surface area contributed by atoms with Crippen LogP contribution >= 0.6 is 11.6 Å². The summed E-state index contributed by atoms with van der Waals surface area (Å²) in [5, 5.41) is 14.8. The minimum absolute atomic E-state index is 0.0182. The lowest BCUT2D eigenvalue weighted by molar-refractivity contribution is 0.255. The number of aromatic hydroxyl groups is 1. The van der Waals surface area contributed by atoms with Crippen molar-refractivity contribution in [3.63, 3.8) is 0 Å². The highest BCUT2D eigenvalue weighted by Gasteiger charge is 2.48. The van der Waals surface area contributed by atoms with Crippen molar-refractivity contribution in [3.8, 4) is 28.8 Å². The van der Waals surface area contributed by atoms with Gasteiger partial charge in [-0.1, -0.05) is 23.6 Å². The minimum Gasteiger partial charge on any atom is -0.508 e. The third kappa shape index (κ3) is 3.94. The second-order valence-corrected chi connectivity index (χ2v) is 12.2. The van der Waals surface area contributed by atoms with Gasteiger partial charge in [-0.2, -0.15) is 0 Å². The van der Waals surface area contributed by atoms with Crippen LogP contribution in [0.3, 0.4) is 0 Å². The first kappa shape index (κ1) is 26.0. The summed E-state index contributed by atoms with van der Waals surface area (Å²) in [7, 11) is 0. The number of nitrogens with zero attached hydrogens (tertiary/aromatic N) is 5. The molecule has 214 valence electrons. The molecule has 0 saturated carbocycles. The Morgan fingerprint density at radius 2 is 2.05 bits per heavy atom. The lowest BCUT2D eigenvalue weighted by Crippen LogP contribution is -2.44. The van der Waals surface area contributed by atoms with E-state index in [1.54, 1.807) is 0 Å². The van der Waals surface area contributed by atoms with Gasteiger partial charge in [0.15, 0.2) is 5.82 Å². The van der Waals surface area contributed by atoms with E-state index in [9.17, 15) is 13.9 Å². The summed E-state index contributed by atoms with van der Waals surface area (Å²) in [5.74, 6) is 5.52. The molecule has 2 N–H and O–H groups in total. The summed E-state index contributed by atoms with van der Waals surface area (Å²) >= 11 is 6.34. The lowest BCUT2D eigenvalue weighted by atomic mass is 9.94. The molecule has 4 saturated heterocycles. The highest BCUT2D eigenvalue weighted by molar-refractivity contribution is 6.37. The van der Waals surface area contributed by atoms with Gasteiger partial charge in [-0.15, -0.1) is 0 Å². The van der Waals surface area contributed by atoms with Gasteiger partial charge in [0, 0.05) is 55.3 Å². The van der Waals surface area contributed by atoms with Crippen molar-refractivity contribution >= 4 is 39.1 Å². The number of hydrogen-bond donors (Lipinski definition) is 2. The van der Waals surface area contributed by atoms with Gasteiger partial charge in [-0.05, 0) is 55.3 Å². The smallest absolute Gasteiger partial charge is 0.207 e. The van der Waals surface area contributed by atoms with Crippen LogP contribution in [0.25, 0.3) is 32.9 Å². The van der Waals surface area contributed by atoms with Crippen molar-refractivity contribution in [1.29, 1.82) is 0 Å². The predicted octanol–water partition coefficient (Wildman–Crippen LogP) is 4.96. The van der Waals surface area contributed by atoms with Crippen molar-refractivity contribution in [3.05, 3.63) is 52.9 Å². The van der Waals surface area contributed by atoms with E-state index in [4.69, 9.17) is 16.6 Å². The molecule has 4 aromatic rings. The molecule has 2 bridgehead atoms. The van der Waals surface area contributed by atoms with Gasteiger partial charge in [0.2, 0.25) is 5.82 Å². The van der Waals surface area contributed by atoms with E-state index in [2.05, 4.69) is 36.9 Å². The molecule has 0 amide bonds. The Morgan fingerprint density at radius 3 is 2.86 bits per heavy atom. The van der Waals surface area contributed by atoms with E-state index in [0.29, 0.717) is 42.1 Å². The van der Waals surface area contributed by atoms with E-state index in [1.165, 1.54) is 30.5 Å². The van der Waals surface area contributed by atoms with E-state index >= 15 is 4.39 Å². The zero-order valence-electron chi connectivity index (χ0n) is 22.5. The zero-order chi connectivity index (χ0) is 28.7. The molecule has 0 unspecified atom stereocenters. The topological polar surface area (TPSA) is 77.4 Å². The largest absolute Gasteiger partial charge is 0.508 e. The van der Waals surface area contributed by atoms with Crippen molar-refractivity contribution in [2.24, 2.45) is 0 Å². The van der Waals surface area contributed by atoms with E-state index in [0.717, 1.165) is 32.4 Å². The first-order valence-electron chi connectivity index (χ1n) is 14.2. The van der Waals surface area contributed by atoms with E-state index < -0.39 is 23.3 Å². The number of phenolic OH excluding ortho intramolecular Hbond substituents is 1. The number of halogens is 4. The van der Waals surface area contributed by atoms with Crippen LogP contribution in [0.5, 0.6) is 5.75 Å². The number of fused-ring (bicyclic) bond motifs is 5. The van der Waals surface area contributed by atoms with Crippen LogP contribution in [-0.4, -0.2) is 74.9 Å². The Bertz CT molecular complexity index is 1860. The Hall–Kier alpha value is -3.65. The molecular weight excluding hydrogens is 565 g/mol. The monoisotopic (exact) mass is 590 g/mol. The minimum atomic E-state index is -0.930. The third-order valence-electron chi connectivity index (χ3n) is 9.25. The zero-order valence-corrected chi connectivity index (χ0v) is 23.2. The van der Waals surface area contributed by atoms with Crippen molar-refractivity contribution in [1.82, 2.24) is 25.2 Å². The van der Waals surface area contributed by atoms with Crippen LogP contribution in [0.15, 0.2) is 30.5 Å². The van der Waals surface area contributed by atoms with Gasteiger partial charge < -0.3 is 15.3 Å². The van der Waals surface area contributed by atoms with E-state index in [-0.39, 0.29) is 44.8 Å². The fraction of sp³-hybridized carbons (Fsp3) is 0.387. The van der Waals surface area contributed by atoms with Crippen LogP contribution in [-0.2, 0) is 0 Å². The van der Waals surface area contributed by atoms with Gasteiger partial charge in [0.1, 0.15) is 34.8 Å². The Morgan fingerprint density at radius 1 is 1.17 bits per heavy atom. The predicted molar refractivity (Wildman–Crippen MR) is 154 cm³/mol. The molecule has 2 aromatic carbocycles. The average Bonchev–Trinajstić information content (AvgIpc) is 3.75. The number of anilines is 1. The van der Waals surface area contributed by atoms with Crippen molar-refractivity contribution < 1.29 is 18.3 Å². The first-order valence-corrected chi connectivity index (χ1v) is 14.6. The van der Waals surface area contributed by atoms with Gasteiger partial charge in [0.25, 0.3) is 0 Å². The molecule has 4 aliphatic heterocycles. The van der Waals surface area contributed by atoms with Crippen LogP contribution < -0.4 is 10.2 Å². The number of hydrogen-bond acceptors (Lipinski definition) is 7. The molecular formula is C31H26ClF3N6O. The molecule has 0 radical (unpaired) electrons. The number of pyridine rings is 1. The molecule has 8 rings (SSSR count). The van der Waals surface area contributed by atoms with Crippen LogP contribution in [0, 0.1) is 23.5 Å². The Labute approximate surface area is 244 Å². The number of benzene rings is 2. The SMILES string of the molecule is Oc1cc(-c2ncc3c(N4C[C@@H]5C[C@H]4CN5)nc(C#C[C@@]45CCCN4C[C@H](F)C5)nc3c2F)c2c(Cl)c(F)ccc2c1. The second kappa shape index (κ2) is 9.43. The Kier molecular flexibility index (Phi) is 5.84. The maximum Gasteiger partial charge on any atom is 0.207 e. The van der Waals surface area contributed by atoms with Gasteiger partial charge >= 0.3 is 0 Å². The lowest BCUT2D eigenvalue weighted by Gasteiger charge is -2.29. The average molecular weight is 591 g/mol. The number of rotatable bonds is 2. The molecule has 0 spiro atoms. The van der Waals surface area contributed by atoms with Crippen molar-refractivity contribution in [2.75, 3.05) is 31.1 Å². The normalized spacial score (nSPS) is 26.8. The molecule has 11 heteroatoms. The summed E-state index contributed by atoms with van der Waals surface area (Å²) in [6.07, 6.45) is 3.60. The van der Waals surface area contributed by atoms with Crippen LogP contribution in [0.1, 0.15) is 31.5 Å². The van der Waals surface area contributed by atoms with E-state index in [1.807, 2.05) is 0 Å². The summed E-state index contributed by atoms with van der Waals surface area (Å²) in [4.78, 5) is 18.1.